The third kappa shape index (κ3) is 3.56. The van der Waals surface area contributed by atoms with Gasteiger partial charge in [-0.3, -0.25) is 0 Å². The molecule has 0 aliphatic carbocycles. The van der Waals surface area contributed by atoms with Crippen molar-refractivity contribution in [2.75, 3.05) is 27.3 Å². The van der Waals surface area contributed by atoms with Gasteiger partial charge in [-0.1, -0.05) is 0 Å². The van der Waals surface area contributed by atoms with Gasteiger partial charge in [-0.25, -0.2) is 14.1 Å². The van der Waals surface area contributed by atoms with Crippen molar-refractivity contribution in [3.05, 3.63) is 54.1 Å². The molecule has 29 heavy (non-hydrogen) atoms. The van der Waals surface area contributed by atoms with E-state index in [0.717, 1.165) is 0 Å². The van der Waals surface area contributed by atoms with Gasteiger partial charge in [-0.05, 0) is 56.3 Å². The number of aromatic nitrogens is 3. The Morgan fingerprint density at radius 1 is 1.07 bits per heavy atom. The predicted octanol–water partition coefficient (Wildman–Crippen LogP) is 2.66. The van der Waals surface area contributed by atoms with Gasteiger partial charge in [0.1, 0.15) is 22.7 Å². The Morgan fingerprint density at radius 3 is 2.38 bits per heavy atom. The summed E-state index contributed by atoms with van der Waals surface area (Å²) in [6.45, 7) is 1.20. The van der Waals surface area contributed by atoms with E-state index in [-0.39, 0.29) is 11.4 Å². The van der Waals surface area contributed by atoms with Crippen LogP contribution in [0.1, 0.15) is 18.5 Å². The summed E-state index contributed by atoms with van der Waals surface area (Å²) in [5.41, 5.74) is 0.171. The number of rotatable bonds is 5. The lowest BCUT2D eigenvalue weighted by atomic mass is 9.88. The Morgan fingerprint density at radius 2 is 1.79 bits per heavy atom. The number of piperidine rings is 1. The molecule has 2 aromatic heterocycles. The highest BCUT2D eigenvalue weighted by Gasteiger charge is 2.38. The smallest absolute Gasteiger partial charge is 0.212 e. The summed E-state index contributed by atoms with van der Waals surface area (Å²) in [6.07, 6.45) is 2.32. The molecule has 7 nitrogen and oxygen atoms in total. The third-order valence-electron chi connectivity index (χ3n) is 5.24. The topological polar surface area (TPSA) is 81.4 Å². The Bertz CT molecular complexity index is 980. The van der Waals surface area contributed by atoms with Crippen molar-refractivity contribution in [2.45, 2.75) is 18.4 Å². The van der Waals surface area contributed by atoms with Crippen LogP contribution >= 0.6 is 0 Å². The highest BCUT2D eigenvalue weighted by molar-refractivity contribution is 5.63. The molecule has 1 aliphatic heterocycles. The molecule has 3 heterocycles. The van der Waals surface area contributed by atoms with E-state index >= 15 is 4.39 Å². The molecule has 1 aromatic carbocycles. The van der Waals surface area contributed by atoms with Crippen molar-refractivity contribution in [2.24, 2.45) is 0 Å². The Labute approximate surface area is 168 Å². The van der Waals surface area contributed by atoms with Gasteiger partial charge >= 0.3 is 0 Å². The Hall–Kier alpha value is -2.97. The fraction of sp³-hybridized carbons (Fsp3) is 0.333. The van der Waals surface area contributed by atoms with Crippen LogP contribution in [-0.4, -0.2) is 47.2 Å². The number of hydrogen-bond acceptors (Lipinski definition) is 6. The number of hydrogen-bond donors (Lipinski definition) is 2. The summed E-state index contributed by atoms with van der Waals surface area (Å²) in [7, 11) is 3.11. The minimum Gasteiger partial charge on any atom is -0.497 e. The average molecular weight is 398 g/mol. The maximum Gasteiger partial charge on any atom is 0.212 e. The van der Waals surface area contributed by atoms with Crippen LogP contribution in [0.5, 0.6) is 11.6 Å². The highest BCUT2D eigenvalue weighted by Crippen LogP contribution is 2.37. The van der Waals surface area contributed by atoms with E-state index < -0.39 is 11.4 Å². The first kappa shape index (κ1) is 19.4. The predicted molar refractivity (Wildman–Crippen MR) is 106 cm³/mol. The standard InChI is InChI=1S/C21H23FN4O3/c1-28-16-6-4-15(5-7-16)26-19(14-3-8-17(29-2)24-13-14)18(22)20(25-26)21(27)9-11-23-12-10-21/h3-8,13,23,27H,9-12H2,1-2H3. The van der Waals surface area contributed by atoms with E-state index in [2.05, 4.69) is 15.4 Å². The van der Waals surface area contributed by atoms with Crippen molar-refractivity contribution < 1.29 is 19.0 Å². The molecule has 0 amide bonds. The first-order valence-electron chi connectivity index (χ1n) is 9.42. The van der Waals surface area contributed by atoms with E-state index in [9.17, 15) is 5.11 Å². The number of aliphatic hydroxyl groups is 1. The van der Waals surface area contributed by atoms with Crippen LogP contribution in [0.3, 0.4) is 0 Å². The zero-order chi connectivity index (χ0) is 20.4. The van der Waals surface area contributed by atoms with Crippen molar-refractivity contribution in [1.29, 1.82) is 0 Å². The second-order valence-corrected chi connectivity index (χ2v) is 6.99. The van der Waals surface area contributed by atoms with Gasteiger partial charge in [0.05, 0.1) is 19.9 Å². The first-order chi connectivity index (χ1) is 14.1. The number of methoxy groups -OCH3 is 2. The van der Waals surface area contributed by atoms with E-state index in [1.54, 1.807) is 43.5 Å². The molecule has 0 bridgehead atoms. The fourth-order valence-electron chi connectivity index (χ4n) is 3.57. The van der Waals surface area contributed by atoms with Gasteiger partial charge in [0.2, 0.25) is 5.88 Å². The maximum absolute atomic E-state index is 15.7. The largest absolute Gasteiger partial charge is 0.497 e. The molecule has 4 rings (SSSR count). The molecular weight excluding hydrogens is 375 g/mol. The zero-order valence-electron chi connectivity index (χ0n) is 16.4. The molecule has 0 saturated carbocycles. The maximum atomic E-state index is 15.7. The van der Waals surface area contributed by atoms with E-state index in [1.165, 1.54) is 18.0 Å². The van der Waals surface area contributed by atoms with Crippen LogP contribution < -0.4 is 14.8 Å². The number of pyridine rings is 1. The summed E-state index contributed by atoms with van der Waals surface area (Å²) in [4.78, 5) is 4.19. The molecule has 152 valence electrons. The third-order valence-corrected chi connectivity index (χ3v) is 5.24. The Balaban J connectivity index is 1.88. The van der Waals surface area contributed by atoms with Gasteiger partial charge in [-0.15, -0.1) is 0 Å². The van der Waals surface area contributed by atoms with Gasteiger partial charge < -0.3 is 19.9 Å². The molecule has 8 heteroatoms. The molecule has 0 radical (unpaired) electrons. The lowest BCUT2D eigenvalue weighted by molar-refractivity contribution is -0.00149. The zero-order valence-corrected chi connectivity index (χ0v) is 16.4. The Kier molecular flexibility index (Phi) is 5.21. The number of halogens is 1. The van der Waals surface area contributed by atoms with Crippen molar-refractivity contribution in [1.82, 2.24) is 20.1 Å². The van der Waals surface area contributed by atoms with Crippen molar-refractivity contribution in [3.63, 3.8) is 0 Å². The van der Waals surface area contributed by atoms with Crippen LogP contribution in [0, 0.1) is 5.82 Å². The lowest BCUT2D eigenvalue weighted by Gasteiger charge is -2.30. The SMILES string of the molecule is COc1ccc(-n2nc(C3(O)CCNCC3)c(F)c2-c2ccc(OC)nc2)cc1. The van der Waals surface area contributed by atoms with Crippen LogP contribution in [0.4, 0.5) is 4.39 Å². The quantitative estimate of drug-likeness (QED) is 0.688. The van der Waals surface area contributed by atoms with Crippen molar-refractivity contribution in [3.8, 4) is 28.6 Å². The molecule has 0 unspecified atom stereocenters. The minimum absolute atomic E-state index is 0.0561. The molecule has 0 spiro atoms. The molecule has 0 atom stereocenters. The van der Waals surface area contributed by atoms with Crippen LogP contribution in [0.2, 0.25) is 0 Å². The average Bonchev–Trinajstić information content (AvgIpc) is 3.12. The summed E-state index contributed by atoms with van der Waals surface area (Å²) in [5.74, 6) is 0.574. The van der Waals surface area contributed by atoms with Gasteiger partial charge in [0, 0.05) is 17.8 Å². The molecular formula is C21H23FN4O3. The van der Waals surface area contributed by atoms with Crippen LogP contribution in [0.15, 0.2) is 42.6 Å². The molecule has 1 saturated heterocycles. The molecule has 1 aliphatic rings. The van der Waals surface area contributed by atoms with Crippen LogP contribution in [-0.2, 0) is 5.60 Å². The molecule has 2 N–H and O–H groups in total. The van der Waals surface area contributed by atoms with Crippen LogP contribution in [0.25, 0.3) is 16.9 Å². The number of nitrogens with zero attached hydrogens (tertiary/aromatic N) is 3. The summed E-state index contributed by atoms with van der Waals surface area (Å²) < 4.78 is 27.5. The van der Waals surface area contributed by atoms with Gasteiger partial charge in [0.15, 0.2) is 5.82 Å². The molecule has 3 aromatic rings. The van der Waals surface area contributed by atoms with E-state index in [0.29, 0.717) is 48.8 Å². The lowest BCUT2D eigenvalue weighted by Crippen LogP contribution is -2.40. The number of nitrogens with one attached hydrogen (secondary N) is 1. The van der Waals surface area contributed by atoms with E-state index in [4.69, 9.17) is 9.47 Å². The second-order valence-electron chi connectivity index (χ2n) is 6.99. The molecule has 1 fully saturated rings. The summed E-state index contributed by atoms with van der Waals surface area (Å²) >= 11 is 0. The highest BCUT2D eigenvalue weighted by atomic mass is 19.1. The van der Waals surface area contributed by atoms with E-state index in [1.807, 2.05) is 0 Å². The number of benzene rings is 1. The number of ether oxygens (including phenoxy) is 2. The fourth-order valence-corrected chi connectivity index (χ4v) is 3.57. The monoisotopic (exact) mass is 398 g/mol. The van der Waals surface area contributed by atoms with Crippen molar-refractivity contribution >= 4 is 0 Å². The minimum atomic E-state index is -1.32. The van der Waals surface area contributed by atoms with Gasteiger partial charge in [0.25, 0.3) is 0 Å². The summed E-state index contributed by atoms with van der Waals surface area (Å²) in [5, 5.41) is 18.8. The summed E-state index contributed by atoms with van der Waals surface area (Å²) in [6, 6.07) is 10.5. The first-order valence-corrected chi connectivity index (χ1v) is 9.42. The normalized spacial score (nSPS) is 15.9. The van der Waals surface area contributed by atoms with Gasteiger partial charge in [-0.2, -0.15) is 5.10 Å². The second kappa shape index (κ2) is 7.81.